The zero-order valence-electron chi connectivity index (χ0n) is 15.3. The van der Waals surface area contributed by atoms with E-state index in [0.29, 0.717) is 6.04 Å². The van der Waals surface area contributed by atoms with Gasteiger partial charge in [0.1, 0.15) is 23.8 Å². The van der Waals surface area contributed by atoms with Gasteiger partial charge < -0.3 is 15.1 Å². The molecule has 1 aliphatic rings. The normalized spacial score (nSPS) is 17.3. The van der Waals surface area contributed by atoms with Crippen molar-refractivity contribution in [3.05, 3.63) is 48.8 Å². The number of benzene rings is 1. The predicted molar refractivity (Wildman–Crippen MR) is 107 cm³/mol. The van der Waals surface area contributed by atoms with Crippen LogP contribution in [0.1, 0.15) is 12.8 Å². The van der Waals surface area contributed by atoms with Crippen LogP contribution >= 0.6 is 0 Å². The predicted octanol–water partition coefficient (Wildman–Crippen LogP) is 3.17. The van der Waals surface area contributed by atoms with Crippen molar-refractivity contribution < 1.29 is 0 Å². The maximum Gasteiger partial charge on any atom is 0.133 e. The smallest absolute Gasteiger partial charge is 0.133 e. The number of hydrogen-bond donors (Lipinski definition) is 1. The fourth-order valence-corrected chi connectivity index (χ4v) is 3.41. The molecule has 1 unspecified atom stereocenters. The van der Waals surface area contributed by atoms with Gasteiger partial charge in [-0.2, -0.15) is 0 Å². The molecule has 0 radical (unpaired) electrons. The van der Waals surface area contributed by atoms with E-state index in [9.17, 15) is 0 Å². The number of piperidine rings is 1. The van der Waals surface area contributed by atoms with Crippen LogP contribution in [0.4, 0.5) is 17.5 Å². The summed E-state index contributed by atoms with van der Waals surface area (Å²) < 4.78 is 0. The number of fused-ring (bicyclic) bond motifs is 1. The van der Waals surface area contributed by atoms with Crippen molar-refractivity contribution in [3.8, 4) is 0 Å². The van der Waals surface area contributed by atoms with Gasteiger partial charge in [0.25, 0.3) is 0 Å². The molecule has 3 heterocycles. The number of pyridine rings is 1. The molecule has 1 aliphatic heterocycles. The maximum absolute atomic E-state index is 4.84. The Hall–Kier alpha value is -2.89. The molecule has 0 bridgehead atoms. The van der Waals surface area contributed by atoms with Crippen molar-refractivity contribution in [3.63, 3.8) is 0 Å². The first-order chi connectivity index (χ1) is 12.7. The van der Waals surface area contributed by atoms with Crippen LogP contribution in [-0.2, 0) is 0 Å². The second-order valence-electron chi connectivity index (χ2n) is 6.95. The summed E-state index contributed by atoms with van der Waals surface area (Å²) in [6, 6.07) is 14.9. The Labute approximate surface area is 153 Å². The number of aromatic nitrogens is 3. The highest BCUT2D eigenvalue weighted by Crippen LogP contribution is 2.23. The summed E-state index contributed by atoms with van der Waals surface area (Å²) in [6.07, 6.45) is 3.88. The Bertz CT molecular complexity index is 894. The van der Waals surface area contributed by atoms with Crippen molar-refractivity contribution >= 4 is 28.4 Å². The molecule has 0 amide bonds. The van der Waals surface area contributed by atoms with Gasteiger partial charge in [0.05, 0.1) is 5.52 Å². The van der Waals surface area contributed by atoms with Gasteiger partial charge in [0.15, 0.2) is 0 Å². The first kappa shape index (κ1) is 16.6. The van der Waals surface area contributed by atoms with Gasteiger partial charge >= 0.3 is 0 Å². The highest BCUT2D eigenvalue weighted by molar-refractivity contribution is 5.80. The van der Waals surface area contributed by atoms with E-state index in [0.717, 1.165) is 48.9 Å². The summed E-state index contributed by atoms with van der Waals surface area (Å²) in [7, 11) is 3.97. The third-order valence-corrected chi connectivity index (χ3v) is 4.79. The zero-order chi connectivity index (χ0) is 17.9. The monoisotopic (exact) mass is 348 g/mol. The Morgan fingerprint density at radius 3 is 2.88 bits per heavy atom. The molecule has 26 heavy (non-hydrogen) atoms. The molecule has 1 aromatic carbocycles. The van der Waals surface area contributed by atoms with Crippen LogP contribution in [-0.4, -0.2) is 48.2 Å². The number of anilines is 3. The lowest BCUT2D eigenvalue weighted by Crippen LogP contribution is -2.42. The van der Waals surface area contributed by atoms with Gasteiger partial charge in [-0.1, -0.05) is 18.2 Å². The Balaban J connectivity index is 1.49. The molecule has 134 valence electrons. The Kier molecular flexibility index (Phi) is 4.56. The minimum atomic E-state index is 0.349. The maximum atomic E-state index is 4.84. The third-order valence-electron chi connectivity index (χ3n) is 4.79. The summed E-state index contributed by atoms with van der Waals surface area (Å²) in [5.41, 5.74) is 1.05. The van der Waals surface area contributed by atoms with E-state index in [1.807, 2.05) is 37.2 Å². The lowest BCUT2D eigenvalue weighted by molar-refractivity contribution is 0.526. The molecule has 6 nitrogen and oxygen atoms in total. The standard InChI is InChI=1S/C20H24N6/c1-25(2)20-12-18(21-14-22-20)23-16-7-5-11-26(13-16)19-10-9-15-6-3-4-8-17(15)24-19/h3-4,6,8-10,12,14,16H,5,7,11,13H2,1-2H3,(H,21,22,23). The molecule has 0 spiro atoms. The molecular formula is C20H24N6. The van der Waals surface area contributed by atoms with Gasteiger partial charge in [-0.05, 0) is 31.0 Å². The van der Waals surface area contributed by atoms with Crippen LogP contribution in [0, 0.1) is 0 Å². The highest BCUT2D eigenvalue weighted by atomic mass is 15.2. The summed E-state index contributed by atoms with van der Waals surface area (Å²) in [5, 5.41) is 4.75. The first-order valence-corrected chi connectivity index (χ1v) is 9.06. The average molecular weight is 348 g/mol. The average Bonchev–Trinajstić information content (AvgIpc) is 2.68. The van der Waals surface area contributed by atoms with Crippen molar-refractivity contribution in [1.29, 1.82) is 0 Å². The zero-order valence-corrected chi connectivity index (χ0v) is 15.3. The quantitative estimate of drug-likeness (QED) is 0.781. The lowest BCUT2D eigenvalue weighted by atomic mass is 10.1. The molecule has 4 rings (SSSR count). The van der Waals surface area contributed by atoms with E-state index in [-0.39, 0.29) is 0 Å². The third kappa shape index (κ3) is 3.54. The molecule has 1 N–H and O–H groups in total. The first-order valence-electron chi connectivity index (χ1n) is 9.06. The van der Waals surface area contributed by atoms with E-state index in [2.05, 4.69) is 44.5 Å². The molecule has 1 fully saturated rings. The number of rotatable bonds is 4. The van der Waals surface area contributed by atoms with Gasteiger partial charge in [0, 0.05) is 44.7 Å². The molecular weight excluding hydrogens is 324 g/mol. The summed E-state index contributed by atoms with van der Waals surface area (Å²) in [5.74, 6) is 2.83. The van der Waals surface area contributed by atoms with Crippen molar-refractivity contribution in [2.24, 2.45) is 0 Å². The van der Waals surface area contributed by atoms with Crippen LogP contribution in [0.5, 0.6) is 0 Å². The van der Waals surface area contributed by atoms with E-state index >= 15 is 0 Å². The van der Waals surface area contributed by atoms with Gasteiger partial charge in [-0.15, -0.1) is 0 Å². The fourth-order valence-electron chi connectivity index (χ4n) is 3.41. The molecule has 0 saturated carbocycles. The number of nitrogens with one attached hydrogen (secondary N) is 1. The van der Waals surface area contributed by atoms with Crippen LogP contribution in [0.2, 0.25) is 0 Å². The second kappa shape index (κ2) is 7.15. The summed E-state index contributed by atoms with van der Waals surface area (Å²) >= 11 is 0. The van der Waals surface area contributed by atoms with Gasteiger partial charge in [0.2, 0.25) is 0 Å². The molecule has 0 aliphatic carbocycles. The van der Waals surface area contributed by atoms with E-state index in [1.54, 1.807) is 6.33 Å². The van der Waals surface area contributed by atoms with E-state index in [4.69, 9.17) is 4.98 Å². The van der Waals surface area contributed by atoms with Crippen molar-refractivity contribution in [1.82, 2.24) is 15.0 Å². The Morgan fingerprint density at radius 2 is 2.00 bits per heavy atom. The molecule has 1 atom stereocenters. The minimum absolute atomic E-state index is 0.349. The second-order valence-corrected chi connectivity index (χ2v) is 6.95. The lowest BCUT2D eigenvalue weighted by Gasteiger charge is -2.34. The summed E-state index contributed by atoms with van der Waals surface area (Å²) in [6.45, 7) is 1.96. The van der Waals surface area contributed by atoms with Crippen molar-refractivity contribution in [2.75, 3.05) is 42.3 Å². The molecule has 6 heteroatoms. The number of nitrogens with zero attached hydrogens (tertiary/aromatic N) is 5. The van der Waals surface area contributed by atoms with E-state index in [1.165, 1.54) is 5.39 Å². The van der Waals surface area contributed by atoms with Crippen LogP contribution in [0.15, 0.2) is 48.8 Å². The number of para-hydroxylation sites is 1. The van der Waals surface area contributed by atoms with Crippen LogP contribution in [0.3, 0.4) is 0 Å². The number of hydrogen-bond acceptors (Lipinski definition) is 6. The Morgan fingerprint density at radius 1 is 1.12 bits per heavy atom. The molecule has 2 aromatic heterocycles. The largest absolute Gasteiger partial charge is 0.365 e. The van der Waals surface area contributed by atoms with Gasteiger partial charge in [-0.25, -0.2) is 15.0 Å². The minimum Gasteiger partial charge on any atom is -0.365 e. The van der Waals surface area contributed by atoms with Crippen LogP contribution < -0.4 is 15.1 Å². The summed E-state index contributed by atoms with van der Waals surface area (Å²) in [4.78, 5) is 17.8. The van der Waals surface area contributed by atoms with Crippen molar-refractivity contribution in [2.45, 2.75) is 18.9 Å². The molecule has 3 aromatic rings. The van der Waals surface area contributed by atoms with E-state index < -0.39 is 0 Å². The molecule has 1 saturated heterocycles. The topological polar surface area (TPSA) is 57.2 Å². The SMILES string of the molecule is CN(C)c1cc(NC2CCCN(c3ccc4ccccc4n3)C2)ncn1. The van der Waals surface area contributed by atoms with Crippen LogP contribution in [0.25, 0.3) is 10.9 Å². The highest BCUT2D eigenvalue weighted by Gasteiger charge is 2.21. The fraction of sp³-hybridized carbons (Fsp3) is 0.350. The van der Waals surface area contributed by atoms with Gasteiger partial charge in [-0.3, -0.25) is 0 Å².